The van der Waals surface area contributed by atoms with E-state index in [4.69, 9.17) is 5.11 Å². The van der Waals surface area contributed by atoms with E-state index in [2.05, 4.69) is 9.97 Å². The average Bonchev–Trinajstić information content (AvgIpc) is 2.40. The van der Waals surface area contributed by atoms with Gasteiger partial charge in [0.1, 0.15) is 6.33 Å². The van der Waals surface area contributed by atoms with Crippen molar-refractivity contribution in [3.05, 3.63) is 24.3 Å². The fourth-order valence-electron chi connectivity index (χ4n) is 2.26. The summed E-state index contributed by atoms with van der Waals surface area (Å²) >= 11 is 0. The van der Waals surface area contributed by atoms with Crippen LogP contribution in [0.5, 0.6) is 0 Å². The standard InChI is InChI=1S/C12H17N3O2/c16-5-3-10-2-1-4-15(8-10)12(17)11-6-13-9-14-7-11/h6-7,9-10,16H,1-5,8H2. The molecule has 1 unspecified atom stereocenters. The third-order valence-corrected chi connectivity index (χ3v) is 3.15. The third kappa shape index (κ3) is 3.00. The van der Waals surface area contributed by atoms with E-state index in [1.165, 1.54) is 6.33 Å². The molecule has 0 aliphatic carbocycles. The van der Waals surface area contributed by atoms with E-state index < -0.39 is 0 Å². The van der Waals surface area contributed by atoms with Crippen LogP contribution in [0.1, 0.15) is 29.6 Å². The van der Waals surface area contributed by atoms with Crippen molar-refractivity contribution in [2.24, 2.45) is 5.92 Å². The van der Waals surface area contributed by atoms with Crippen LogP contribution < -0.4 is 0 Å². The van der Waals surface area contributed by atoms with Crippen molar-refractivity contribution in [3.8, 4) is 0 Å². The molecule has 1 atom stereocenters. The van der Waals surface area contributed by atoms with Crippen molar-refractivity contribution in [2.45, 2.75) is 19.3 Å². The van der Waals surface area contributed by atoms with Crippen molar-refractivity contribution in [1.29, 1.82) is 0 Å². The van der Waals surface area contributed by atoms with Crippen LogP contribution in [0.15, 0.2) is 18.7 Å². The Labute approximate surface area is 100 Å². The summed E-state index contributed by atoms with van der Waals surface area (Å²) in [7, 11) is 0. The van der Waals surface area contributed by atoms with Crippen LogP contribution in [0.25, 0.3) is 0 Å². The maximum Gasteiger partial charge on any atom is 0.256 e. The zero-order valence-corrected chi connectivity index (χ0v) is 9.75. The minimum atomic E-state index is -0.00626. The lowest BCUT2D eigenvalue weighted by molar-refractivity contribution is 0.0652. The van der Waals surface area contributed by atoms with Gasteiger partial charge in [-0.25, -0.2) is 9.97 Å². The van der Waals surface area contributed by atoms with Gasteiger partial charge in [0.15, 0.2) is 0 Å². The van der Waals surface area contributed by atoms with Crippen molar-refractivity contribution >= 4 is 5.91 Å². The number of hydrogen-bond donors (Lipinski definition) is 1. The Balaban J connectivity index is 2.00. The first kappa shape index (κ1) is 12.0. The highest BCUT2D eigenvalue weighted by molar-refractivity contribution is 5.93. The molecule has 0 spiro atoms. The predicted molar refractivity (Wildman–Crippen MR) is 62.4 cm³/mol. The monoisotopic (exact) mass is 235 g/mol. The summed E-state index contributed by atoms with van der Waals surface area (Å²) in [6.45, 7) is 1.71. The molecule has 0 bridgehead atoms. The Morgan fingerprint density at radius 3 is 2.94 bits per heavy atom. The highest BCUT2D eigenvalue weighted by atomic mass is 16.3. The SMILES string of the molecule is O=C(c1cncnc1)N1CCCC(CCO)C1. The van der Waals surface area contributed by atoms with Crippen LogP contribution in [0, 0.1) is 5.92 Å². The summed E-state index contributed by atoms with van der Waals surface area (Å²) < 4.78 is 0. The summed E-state index contributed by atoms with van der Waals surface area (Å²) in [5.74, 6) is 0.413. The number of aliphatic hydroxyl groups is 1. The molecule has 1 aliphatic rings. The molecule has 1 N–H and O–H groups in total. The van der Waals surface area contributed by atoms with Crippen LogP contribution in [0.3, 0.4) is 0 Å². The molecule has 5 heteroatoms. The normalized spacial score (nSPS) is 20.3. The maximum absolute atomic E-state index is 12.1. The molecule has 2 heterocycles. The van der Waals surface area contributed by atoms with Crippen LogP contribution in [-0.2, 0) is 0 Å². The summed E-state index contributed by atoms with van der Waals surface area (Å²) in [6.07, 6.45) is 7.38. The van der Waals surface area contributed by atoms with E-state index in [0.29, 0.717) is 11.5 Å². The quantitative estimate of drug-likeness (QED) is 0.838. The van der Waals surface area contributed by atoms with Crippen LogP contribution >= 0.6 is 0 Å². The number of likely N-dealkylation sites (tertiary alicyclic amines) is 1. The number of aromatic nitrogens is 2. The van der Waals surface area contributed by atoms with E-state index in [1.54, 1.807) is 12.4 Å². The molecule has 1 aromatic heterocycles. The highest BCUT2D eigenvalue weighted by Crippen LogP contribution is 2.20. The molecule has 0 radical (unpaired) electrons. The van der Waals surface area contributed by atoms with Gasteiger partial charge in [0.2, 0.25) is 0 Å². The number of amides is 1. The number of piperidine rings is 1. The average molecular weight is 235 g/mol. The molecule has 1 saturated heterocycles. The van der Waals surface area contributed by atoms with Crippen molar-refractivity contribution < 1.29 is 9.90 Å². The first-order chi connectivity index (χ1) is 8.31. The third-order valence-electron chi connectivity index (χ3n) is 3.15. The molecule has 1 aromatic rings. The van der Waals surface area contributed by atoms with E-state index in [0.717, 1.165) is 32.4 Å². The highest BCUT2D eigenvalue weighted by Gasteiger charge is 2.24. The van der Waals surface area contributed by atoms with Gasteiger partial charge in [-0.15, -0.1) is 0 Å². The smallest absolute Gasteiger partial charge is 0.256 e. The van der Waals surface area contributed by atoms with Crippen molar-refractivity contribution in [1.82, 2.24) is 14.9 Å². The zero-order valence-electron chi connectivity index (χ0n) is 9.75. The van der Waals surface area contributed by atoms with Crippen LogP contribution in [-0.4, -0.2) is 45.6 Å². The fourth-order valence-corrected chi connectivity index (χ4v) is 2.26. The van der Waals surface area contributed by atoms with Crippen LogP contribution in [0.4, 0.5) is 0 Å². The van der Waals surface area contributed by atoms with Gasteiger partial charge in [-0.1, -0.05) is 0 Å². The summed E-state index contributed by atoms with van der Waals surface area (Å²) in [4.78, 5) is 21.7. The Morgan fingerprint density at radius 2 is 2.24 bits per heavy atom. The molecule has 1 aliphatic heterocycles. The van der Waals surface area contributed by atoms with E-state index in [-0.39, 0.29) is 12.5 Å². The summed E-state index contributed by atoms with van der Waals surface area (Å²) in [5, 5.41) is 8.94. The first-order valence-electron chi connectivity index (χ1n) is 5.96. The lowest BCUT2D eigenvalue weighted by atomic mass is 9.95. The van der Waals surface area contributed by atoms with E-state index >= 15 is 0 Å². The lowest BCUT2D eigenvalue weighted by Gasteiger charge is -2.32. The molecule has 1 fully saturated rings. The minimum absolute atomic E-state index is 0.00626. The number of hydrogen-bond acceptors (Lipinski definition) is 4. The van der Waals surface area contributed by atoms with Crippen LogP contribution in [0.2, 0.25) is 0 Å². The molecule has 17 heavy (non-hydrogen) atoms. The minimum Gasteiger partial charge on any atom is -0.396 e. The molecule has 0 aromatic carbocycles. The Hall–Kier alpha value is -1.49. The van der Waals surface area contributed by atoms with Gasteiger partial charge in [0.25, 0.3) is 5.91 Å². The topological polar surface area (TPSA) is 66.3 Å². The van der Waals surface area contributed by atoms with E-state index in [9.17, 15) is 4.79 Å². The van der Waals surface area contributed by atoms with Crippen molar-refractivity contribution in [2.75, 3.05) is 19.7 Å². The number of carbonyl (C=O) groups is 1. The maximum atomic E-state index is 12.1. The number of nitrogens with zero attached hydrogens (tertiary/aromatic N) is 3. The molecule has 0 saturated carbocycles. The summed E-state index contributed by atoms with van der Waals surface area (Å²) in [5.41, 5.74) is 0.539. The summed E-state index contributed by atoms with van der Waals surface area (Å²) in [6, 6.07) is 0. The molecule has 92 valence electrons. The number of rotatable bonds is 3. The van der Waals surface area contributed by atoms with Gasteiger partial charge in [0.05, 0.1) is 5.56 Å². The first-order valence-corrected chi connectivity index (χ1v) is 5.96. The molecule has 5 nitrogen and oxygen atoms in total. The Kier molecular flexibility index (Phi) is 4.03. The molecular formula is C12H17N3O2. The number of carbonyl (C=O) groups excluding carboxylic acids is 1. The van der Waals surface area contributed by atoms with Crippen molar-refractivity contribution in [3.63, 3.8) is 0 Å². The zero-order chi connectivity index (χ0) is 12.1. The second kappa shape index (κ2) is 5.72. The molecule has 2 rings (SSSR count). The van der Waals surface area contributed by atoms with Gasteiger partial charge < -0.3 is 10.0 Å². The fraction of sp³-hybridized carbons (Fsp3) is 0.583. The largest absolute Gasteiger partial charge is 0.396 e. The molecule has 1 amide bonds. The predicted octanol–water partition coefficient (Wildman–Crippen LogP) is 0.711. The number of aliphatic hydroxyl groups excluding tert-OH is 1. The van der Waals surface area contributed by atoms with Gasteiger partial charge in [0, 0.05) is 32.1 Å². The van der Waals surface area contributed by atoms with Gasteiger partial charge in [-0.2, -0.15) is 0 Å². The lowest BCUT2D eigenvalue weighted by Crippen LogP contribution is -2.40. The van der Waals surface area contributed by atoms with Gasteiger partial charge in [-0.05, 0) is 25.2 Å². The van der Waals surface area contributed by atoms with E-state index in [1.807, 2.05) is 4.90 Å². The Morgan fingerprint density at radius 1 is 1.47 bits per heavy atom. The second-order valence-corrected chi connectivity index (χ2v) is 4.40. The second-order valence-electron chi connectivity index (χ2n) is 4.40. The van der Waals surface area contributed by atoms with Gasteiger partial charge >= 0.3 is 0 Å². The van der Waals surface area contributed by atoms with Gasteiger partial charge in [-0.3, -0.25) is 4.79 Å². The molecular weight excluding hydrogens is 218 g/mol. The Bertz CT molecular complexity index is 367.